The van der Waals surface area contributed by atoms with Gasteiger partial charge in [-0.1, -0.05) is 28.7 Å². The minimum absolute atomic E-state index is 0.0678. The van der Waals surface area contributed by atoms with E-state index in [2.05, 4.69) is 0 Å². The van der Waals surface area contributed by atoms with Crippen LogP contribution >= 0.6 is 22.6 Å². The van der Waals surface area contributed by atoms with Crippen molar-refractivity contribution in [3.05, 3.63) is 17.7 Å². The molecule has 0 unspecified atom stereocenters. The van der Waals surface area contributed by atoms with Gasteiger partial charge in [0.05, 0.1) is 24.2 Å². The summed E-state index contributed by atoms with van der Waals surface area (Å²) in [6.45, 7) is 0. The Kier molecular flexibility index (Phi) is 4.44. The van der Waals surface area contributed by atoms with Crippen molar-refractivity contribution in [3.63, 3.8) is 0 Å². The summed E-state index contributed by atoms with van der Waals surface area (Å²) in [5.74, 6) is 1.37. The van der Waals surface area contributed by atoms with E-state index in [-0.39, 0.29) is 5.78 Å². The number of alkyl halides is 1. The Morgan fingerprint density at radius 1 is 1.33 bits per heavy atom. The lowest BCUT2D eigenvalue weighted by Gasteiger charge is -2.11. The summed E-state index contributed by atoms with van der Waals surface area (Å²) < 4.78 is 10.8. The van der Waals surface area contributed by atoms with E-state index in [1.165, 1.54) is 0 Å². The minimum atomic E-state index is 0.0678. The van der Waals surface area contributed by atoms with Crippen molar-refractivity contribution in [3.8, 4) is 11.5 Å². The van der Waals surface area contributed by atoms with Crippen LogP contribution in [0.4, 0.5) is 0 Å². The number of hydrogen-bond acceptors (Lipinski definition) is 3. The third-order valence-corrected chi connectivity index (χ3v) is 2.83. The van der Waals surface area contributed by atoms with Crippen LogP contribution in [-0.2, 0) is 0 Å². The predicted octanol–water partition coefficient (Wildman–Crippen LogP) is 0.580. The number of methoxy groups -OCH3 is 2. The largest absolute Gasteiger partial charge is 0.497 e. The summed E-state index contributed by atoms with van der Waals surface area (Å²) in [7, 11) is 5.05. The predicted molar refractivity (Wildman–Crippen MR) is 70.9 cm³/mol. The first-order chi connectivity index (χ1) is 7.13. The van der Waals surface area contributed by atoms with Gasteiger partial charge in [-0.25, -0.2) is 0 Å². The highest BCUT2D eigenvalue weighted by Crippen LogP contribution is 2.23. The lowest BCUT2D eigenvalue weighted by Crippen LogP contribution is -2.13. The third kappa shape index (κ3) is 2.65. The lowest BCUT2D eigenvalue weighted by molar-refractivity contribution is 0.102. The minimum Gasteiger partial charge on any atom is -0.497 e. The molecule has 1 rings (SSSR count). The van der Waals surface area contributed by atoms with Gasteiger partial charge in [0.15, 0.2) is 5.78 Å². The molecule has 1 aromatic rings. The van der Waals surface area contributed by atoms with Gasteiger partial charge in [-0.2, -0.15) is 0 Å². The average molecular weight is 318 g/mol. The molecule has 3 nitrogen and oxygen atoms in total. The smallest absolute Gasteiger partial charge is 0.176 e. The van der Waals surface area contributed by atoms with Crippen molar-refractivity contribution in [2.24, 2.45) is 0 Å². The highest BCUT2D eigenvalue weighted by Gasteiger charge is 2.13. The fourth-order valence-corrected chi connectivity index (χ4v) is 1.76. The summed E-state index contributed by atoms with van der Waals surface area (Å²) in [4.78, 5) is 11.6. The molecular weight excluding hydrogens is 306 g/mol. The van der Waals surface area contributed by atoms with Crippen LogP contribution in [0.5, 0.6) is 11.5 Å². The number of benzene rings is 1. The highest BCUT2D eigenvalue weighted by molar-refractivity contribution is 14.1. The van der Waals surface area contributed by atoms with Gasteiger partial charge in [-0.15, -0.1) is 0 Å². The van der Waals surface area contributed by atoms with Crippen LogP contribution in [0.2, 0.25) is 0 Å². The van der Waals surface area contributed by atoms with Gasteiger partial charge >= 0.3 is 0 Å². The van der Waals surface area contributed by atoms with Crippen LogP contribution in [0.15, 0.2) is 12.1 Å². The van der Waals surface area contributed by atoms with Crippen molar-refractivity contribution < 1.29 is 14.3 Å². The van der Waals surface area contributed by atoms with Gasteiger partial charge in [-0.05, 0) is 5.46 Å². The monoisotopic (exact) mass is 318 g/mol. The van der Waals surface area contributed by atoms with Crippen molar-refractivity contribution in [1.82, 2.24) is 0 Å². The van der Waals surface area contributed by atoms with Crippen molar-refractivity contribution >= 4 is 41.7 Å². The molecule has 15 heavy (non-hydrogen) atoms. The first kappa shape index (κ1) is 12.4. The number of halogens is 1. The van der Waals surface area contributed by atoms with Gasteiger partial charge < -0.3 is 9.47 Å². The standard InChI is InChI=1S/C10H12BIO3/c1-14-9-4-10(15-2)7(11)3-6(9)8(13)5-12/h3-4H,5,11H2,1-2H3. The molecule has 5 heteroatoms. The molecule has 0 amide bonds. The molecule has 1 aromatic carbocycles. The Labute approximate surface area is 104 Å². The number of ether oxygens (including phenoxy) is 2. The van der Waals surface area contributed by atoms with E-state index in [1.54, 1.807) is 26.4 Å². The SMILES string of the molecule is Bc1cc(C(=O)CI)c(OC)cc1OC. The third-order valence-electron chi connectivity index (χ3n) is 2.14. The molecule has 0 saturated carbocycles. The van der Waals surface area contributed by atoms with E-state index in [0.717, 1.165) is 11.2 Å². The Morgan fingerprint density at radius 2 is 1.93 bits per heavy atom. The first-order valence-electron chi connectivity index (χ1n) is 4.45. The summed E-state index contributed by atoms with van der Waals surface area (Å²) in [5.41, 5.74) is 1.55. The molecule has 0 spiro atoms. The fraction of sp³-hybridized carbons (Fsp3) is 0.300. The van der Waals surface area contributed by atoms with Crippen molar-refractivity contribution in [2.45, 2.75) is 0 Å². The Balaban J connectivity index is 3.27. The van der Waals surface area contributed by atoms with E-state index >= 15 is 0 Å². The van der Waals surface area contributed by atoms with E-state index in [1.807, 2.05) is 30.4 Å². The number of carbonyl (C=O) groups is 1. The van der Waals surface area contributed by atoms with Crippen LogP contribution in [0, 0.1) is 0 Å². The quantitative estimate of drug-likeness (QED) is 0.353. The molecule has 0 N–H and O–H groups in total. The number of carbonyl (C=O) groups excluding carboxylic acids is 1. The molecule has 0 aliphatic heterocycles. The summed E-state index contributed by atoms with van der Waals surface area (Å²) in [6.07, 6.45) is 0. The zero-order valence-corrected chi connectivity index (χ0v) is 11.1. The Bertz CT molecular complexity index is 379. The highest BCUT2D eigenvalue weighted by atomic mass is 127. The maximum Gasteiger partial charge on any atom is 0.176 e. The maximum absolute atomic E-state index is 11.6. The molecule has 80 valence electrons. The van der Waals surface area contributed by atoms with Crippen LogP contribution in [-0.4, -0.2) is 32.3 Å². The molecule has 0 aliphatic rings. The van der Waals surface area contributed by atoms with Gasteiger partial charge in [-0.3, -0.25) is 4.79 Å². The van der Waals surface area contributed by atoms with E-state index in [4.69, 9.17) is 9.47 Å². The normalized spacial score (nSPS) is 9.80. The fourth-order valence-electron chi connectivity index (χ4n) is 1.35. The zero-order chi connectivity index (χ0) is 11.4. The van der Waals surface area contributed by atoms with Crippen LogP contribution in [0.25, 0.3) is 0 Å². The molecule has 0 saturated heterocycles. The van der Waals surface area contributed by atoms with Crippen LogP contribution in [0.3, 0.4) is 0 Å². The second-order valence-corrected chi connectivity index (χ2v) is 3.84. The molecule has 0 atom stereocenters. The maximum atomic E-state index is 11.6. The zero-order valence-electron chi connectivity index (χ0n) is 8.96. The second-order valence-electron chi connectivity index (χ2n) is 3.08. The summed E-state index contributed by atoms with van der Waals surface area (Å²) >= 11 is 2.04. The number of hydrogen-bond donors (Lipinski definition) is 0. The summed E-state index contributed by atoms with van der Waals surface area (Å²) in [5, 5.41) is 0. The van der Waals surface area contributed by atoms with Gasteiger partial charge in [0, 0.05) is 6.07 Å². The summed E-state index contributed by atoms with van der Waals surface area (Å²) in [6, 6.07) is 3.55. The molecule has 0 aliphatic carbocycles. The van der Waals surface area contributed by atoms with Gasteiger partial charge in [0.1, 0.15) is 19.3 Å². The second kappa shape index (κ2) is 5.39. The molecule has 0 aromatic heterocycles. The molecule has 0 radical (unpaired) electrons. The molecule has 0 bridgehead atoms. The van der Waals surface area contributed by atoms with Crippen LogP contribution < -0.4 is 14.9 Å². The van der Waals surface area contributed by atoms with Gasteiger partial charge in [0.2, 0.25) is 0 Å². The first-order valence-corrected chi connectivity index (χ1v) is 5.98. The van der Waals surface area contributed by atoms with Crippen molar-refractivity contribution in [1.29, 1.82) is 0 Å². The Hall–Kier alpha value is -0.715. The number of Topliss-reactive ketones (excluding diaryl/α,β-unsaturated/α-hetero) is 1. The lowest BCUT2D eigenvalue weighted by atomic mass is 9.91. The molecule has 0 fully saturated rings. The van der Waals surface area contributed by atoms with Crippen LogP contribution in [0.1, 0.15) is 10.4 Å². The van der Waals surface area contributed by atoms with E-state index in [9.17, 15) is 4.79 Å². The molecule has 0 heterocycles. The Morgan fingerprint density at radius 3 is 2.40 bits per heavy atom. The average Bonchev–Trinajstić information content (AvgIpc) is 2.27. The number of rotatable bonds is 4. The molecular formula is C10H12BIO3. The van der Waals surface area contributed by atoms with E-state index < -0.39 is 0 Å². The van der Waals surface area contributed by atoms with E-state index in [0.29, 0.717) is 15.7 Å². The van der Waals surface area contributed by atoms with Crippen molar-refractivity contribution in [2.75, 3.05) is 18.6 Å². The topological polar surface area (TPSA) is 35.5 Å². The number of ketones is 1. The van der Waals surface area contributed by atoms with Gasteiger partial charge in [0.25, 0.3) is 0 Å².